The van der Waals surface area contributed by atoms with Gasteiger partial charge in [-0.1, -0.05) is 6.07 Å². The van der Waals surface area contributed by atoms with E-state index in [0.717, 1.165) is 30.7 Å². The molecule has 2 fully saturated rings. The average Bonchev–Trinajstić information content (AvgIpc) is 3.39. The summed E-state index contributed by atoms with van der Waals surface area (Å²) in [6, 6.07) is 9.50. The Morgan fingerprint density at radius 3 is 2.45 bits per heavy atom. The summed E-state index contributed by atoms with van der Waals surface area (Å²) >= 11 is 0. The fourth-order valence-corrected chi connectivity index (χ4v) is 4.91. The highest BCUT2D eigenvalue weighted by molar-refractivity contribution is 6.00. The van der Waals surface area contributed by atoms with Crippen molar-refractivity contribution < 1.29 is 18.0 Å². The van der Waals surface area contributed by atoms with Gasteiger partial charge in [0.15, 0.2) is 0 Å². The van der Waals surface area contributed by atoms with Crippen molar-refractivity contribution in [3.8, 4) is 11.4 Å². The Kier molecular flexibility index (Phi) is 5.26. The first-order valence-corrected chi connectivity index (χ1v) is 10.8. The minimum Gasteiger partial charge on any atom is -0.365 e. The zero-order chi connectivity index (χ0) is 23.2. The van der Waals surface area contributed by atoms with Gasteiger partial charge >= 0.3 is 6.18 Å². The van der Waals surface area contributed by atoms with Crippen molar-refractivity contribution in [2.24, 2.45) is 5.92 Å². The van der Waals surface area contributed by atoms with E-state index < -0.39 is 11.7 Å². The highest BCUT2D eigenvalue weighted by Crippen LogP contribution is 2.40. The number of halogens is 3. The monoisotopic (exact) mass is 453 g/mol. The summed E-state index contributed by atoms with van der Waals surface area (Å²) in [5.41, 5.74) is 1.87. The average molecular weight is 453 g/mol. The summed E-state index contributed by atoms with van der Waals surface area (Å²) in [5.74, 6) is 0.601. The quantitative estimate of drug-likeness (QED) is 0.626. The molecule has 170 valence electrons. The number of hydrogen-bond acceptors (Lipinski definition) is 5. The third-order valence-corrected chi connectivity index (χ3v) is 6.44. The zero-order valence-corrected chi connectivity index (χ0v) is 17.9. The number of carbonyl (C=O) groups excluding carboxylic acids is 1. The number of rotatable bonds is 4. The summed E-state index contributed by atoms with van der Waals surface area (Å²) in [7, 11) is 0. The number of hydrogen-bond donors (Lipinski definition) is 1. The van der Waals surface area contributed by atoms with Gasteiger partial charge in [-0.05, 0) is 61.6 Å². The molecule has 3 aromatic rings. The van der Waals surface area contributed by atoms with Gasteiger partial charge < -0.3 is 10.2 Å². The molecule has 3 unspecified atom stereocenters. The molecule has 6 nitrogen and oxygen atoms in total. The lowest BCUT2D eigenvalue weighted by atomic mass is 10.0. The van der Waals surface area contributed by atoms with Gasteiger partial charge in [-0.3, -0.25) is 14.8 Å². The molecule has 9 heteroatoms. The van der Waals surface area contributed by atoms with Crippen LogP contribution in [0.3, 0.4) is 0 Å². The maximum Gasteiger partial charge on any atom is 0.417 e. The molecule has 0 radical (unpaired) electrons. The van der Waals surface area contributed by atoms with Gasteiger partial charge in [0.1, 0.15) is 11.5 Å². The SMILES string of the molecule is Cc1cccnc1-c1ncccc1C(=O)N1CC2CC(Nc3ccc(C(F)(F)F)cn3)C1C2. The van der Waals surface area contributed by atoms with E-state index in [1.807, 2.05) is 24.0 Å². The Hall–Kier alpha value is -3.49. The number of aryl methyl sites for hydroxylation is 1. The molecule has 1 saturated carbocycles. The summed E-state index contributed by atoms with van der Waals surface area (Å²) in [6.07, 6.45) is 1.43. The number of fused-ring (bicyclic) bond motifs is 2. The van der Waals surface area contributed by atoms with Crippen molar-refractivity contribution in [1.82, 2.24) is 19.9 Å². The minimum atomic E-state index is -4.42. The van der Waals surface area contributed by atoms with Gasteiger partial charge in [-0.25, -0.2) is 4.98 Å². The standard InChI is InChI=1S/C24H22F3N5O/c1-14-4-2-8-28-21(14)22-17(5-3-9-29-22)23(33)32-13-15-10-18(19(32)11-15)31-20-7-6-16(12-30-20)24(25,26)27/h2-9,12,15,18-19H,10-11,13H2,1H3,(H,30,31). The van der Waals surface area contributed by atoms with Crippen molar-refractivity contribution >= 4 is 11.7 Å². The van der Waals surface area contributed by atoms with Crippen LogP contribution in [0, 0.1) is 12.8 Å². The second kappa shape index (κ2) is 8.13. The van der Waals surface area contributed by atoms with E-state index in [4.69, 9.17) is 0 Å². The molecule has 33 heavy (non-hydrogen) atoms. The molecule has 1 aliphatic carbocycles. The predicted molar refractivity (Wildman–Crippen MR) is 116 cm³/mol. The van der Waals surface area contributed by atoms with Gasteiger partial charge in [0, 0.05) is 31.2 Å². The molecule has 1 N–H and O–H groups in total. The van der Waals surface area contributed by atoms with E-state index in [1.54, 1.807) is 24.5 Å². The largest absolute Gasteiger partial charge is 0.417 e. The number of amides is 1. The van der Waals surface area contributed by atoms with Crippen molar-refractivity contribution in [2.45, 2.75) is 38.0 Å². The summed E-state index contributed by atoms with van der Waals surface area (Å²) in [4.78, 5) is 28.3. The van der Waals surface area contributed by atoms with Crippen LogP contribution in [0.1, 0.15) is 34.3 Å². The highest BCUT2D eigenvalue weighted by Gasteiger charge is 2.47. The van der Waals surface area contributed by atoms with E-state index in [9.17, 15) is 18.0 Å². The molecule has 5 rings (SSSR count). The molecular formula is C24H22F3N5O. The van der Waals surface area contributed by atoms with Crippen molar-refractivity contribution in [2.75, 3.05) is 11.9 Å². The van der Waals surface area contributed by atoms with E-state index in [-0.39, 0.29) is 18.0 Å². The minimum absolute atomic E-state index is 0.0653. The fourth-order valence-electron chi connectivity index (χ4n) is 4.91. The van der Waals surface area contributed by atoms with Crippen LogP contribution in [0.5, 0.6) is 0 Å². The fraction of sp³-hybridized carbons (Fsp3) is 0.333. The smallest absolute Gasteiger partial charge is 0.365 e. The number of anilines is 1. The van der Waals surface area contributed by atoms with Crippen LogP contribution < -0.4 is 5.32 Å². The van der Waals surface area contributed by atoms with Crippen LogP contribution in [0.4, 0.5) is 19.0 Å². The van der Waals surface area contributed by atoms with Gasteiger partial charge in [0.25, 0.3) is 5.91 Å². The lowest BCUT2D eigenvalue weighted by Gasteiger charge is -2.34. The van der Waals surface area contributed by atoms with Gasteiger partial charge in [0.2, 0.25) is 0 Å². The Balaban J connectivity index is 1.37. The normalized spacial score (nSPS) is 21.9. The molecule has 1 saturated heterocycles. The van der Waals surface area contributed by atoms with Crippen molar-refractivity contribution in [3.05, 3.63) is 71.7 Å². The first-order chi connectivity index (χ1) is 15.8. The lowest BCUT2D eigenvalue weighted by Crippen LogP contribution is -2.48. The van der Waals surface area contributed by atoms with Crippen LogP contribution >= 0.6 is 0 Å². The predicted octanol–water partition coefficient (Wildman–Crippen LogP) is 4.58. The molecular weight excluding hydrogens is 431 g/mol. The van der Waals surface area contributed by atoms with E-state index >= 15 is 0 Å². The Morgan fingerprint density at radius 1 is 1.03 bits per heavy atom. The molecule has 4 heterocycles. The lowest BCUT2D eigenvalue weighted by molar-refractivity contribution is -0.137. The molecule has 0 aromatic carbocycles. The van der Waals surface area contributed by atoms with Crippen LogP contribution in [0.2, 0.25) is 0 Å². The van der Waals surface area contributed by atoms with Crippen LogP contribution in [-0.2, 0) is 6.18 Å². The molecule has 3 atom stereocenters. The number of piperidine rings is 1. The maximum atomic E-state index is 13.6. The molecule has 1 aliphatic heterocycles. The van der Waals surface area contributed by atoms with Crippen molar-refractivity contribution in [3.63, 3.8) is 0 Å². The number of pyridine rings is 3. The third-order valence-electron chi connectivity index (χ3n) is 6.44. The number of alkyl halides is 3. The zero-order valence-electron chi connectivity index (χ0n) is 17.9. The van der Waals surface area contributed by atoms with Crippen molar-refractivity contribution in [1.29, 1.82) is 0 Å². The van der Waals surface area contributed by atoms with E-state index in [1.165, 1.54) is 6.07 Å². The van der Waals surface area contributed by atoms with Crippen LogP contribution in [-0.4, -0.2) is 44.4 Å². The number of carbonyl (C=O) groups is 1. The first-order valence-electron chi connectivity index (χ1n) is 10.8. The van der Waals surface area contributed by atoms with Crippen LogP contribution in [0.25, 0.3) is 11.4 Å². The Morgan fingerprint density at radius 2 is 1.79 bits per heavy atom. The molecule has 2 aliphatic rings. The number of nitrogens with zero attached hydrogens (tertiary/aromatic N) is 4. The number of nitrogens with one attached hydrogen (secondary N) is 1. The highest BCUT2D eigenvalue weighted by atomic mass is 19.4. The summed E-state index contributed by atoms with van der Waals surface area (Å²) in [5, 5.41) is 3.24. The maximum absolute atomic E-state index is 13.6. The third kappa shape index (κ3) is 4.03. The summed E-state index contributed by atoms with van der Waals surface area (Å²) in [6.45, 7) is 2.58. The van der Waals surface area contributed by atoms with E-state index in [2.05, 4.69) is 20.3 Å². The molecule has 0 spiro atoms. The Labute approximate surface area is 188 Å². The number of likely N-dealkylation sites (tertiary alicyclic amines) is 1. The van der Waals surface area contributed by atoms with Gasteiger partial charge in [0.05, 0.1) is 22.9 Å². The molecule has 2 bridgehead atoms. The van der Waals surface area contributed by atoms with Gasteiger partial charge in [-0.15, -0.1) is 0 Å². The second-order valence-electron chi connectivity index (χ2n) is 8.61. The second-order valence-corrected chi connectivity index (χ2v) is 8.61. The number of aromatic nitrogens is 3. The molecule has 3 aromatic heterocycles. The summed E-state index contributed by atoms with van der Waals surface area (Å²) < 4.78 is 38.4. The van der Waals surface area contributed by atoms with E-state index in [0.29, 0.717) is 35.2 Å². The first kappa shape index (κ1) is 21.4. The molecule has 1 amide bonds. The van der Waals surface area contributed by atoms with Crippen LogP contribution in [0.15, 0.2) is 55.0 Å². The van der Waals surface area contributed by atoms with Gasteiger partial charge in [-0.2, -0.15) is 13.2 Å². The topological polar surface area (TPSA) is 71.0 Å². The Bertz CT molecular complexity index is 1180.